The standard InChI is InChI=1S/C20H40N2O5S/c1-4-24-18-7-5-6-8-19(18)25-12-11-22-15(2)13-16-9-10-17(23-3)20(14-16)26-27-28-21/h15-20,22H,4-14,21H2,1-3H3. The summed E-state index contributed by atoms with van der Waals surface area (Å²) in [6.07, 6.45) is 9.47. The van der Waals surface area contributed by atoms with Crippen LogP contribution in [0.3, 0.4) is 0 Å². The average molecular weight is 421 g/mol. The summed E-state index contributed by atoms with van der Waals surface area (Å²) in [5, 5.41) is 8.90. The Bertz CT molecular complexity index is 405. The van der Waals surface area contributed by atoms with Crippen LogP contribution in [0.15, 0.2) is 0 Å². The topological polar surface area (TPSA) is 84.2 Å². The summed E-state index contributed by atoms with van der Waals surface area (Å²) >= 11 is 0.738. The van der Waals surface area contributed by atoms with E-state index in [2.05, 4.69) is 19.2 Å². The lowest BCUT2D eigenvalue weighted by molar-refractivity contribution is -0.267. The summed E-state index contributed by atoms with van der Waals surface area (Å²) < 4.78 is 22.4. The van der Waals surface area contributed by atoms with E-state index in [1.165, 1.54) is 12.8 Å². The first-order valence-corrected chi connectivity index (χ1v) is 11.7. The molecule has 2 fully saturated rings. The summed E-state index contributed by atoms with van der Waals surface area (Å²) in [5.74, 6) is 0.590. The zero-order chi connectivity index (χ0) is 20.2. The molecular weight excluding hydrogens is 380 g/mol. The van der Waals surface area contributed by atoms with E-state index in [1.807, 2.05) is 0 Å². The van der Waals surface area contributed by atoms with Crippen molar-refractivity contribution in [3.63, 3.8) is 0 Å². The molecule has 2 aliphatic rings. The van der Waals surface area contributed by atoms with Gasteiger partial charge in [0.25, 0.3) is 0 Å². The van der Waals surface area contributed by atoms with Crippen LogP contribution < -0.4 is 10.5 Å². The van der Waals surface area contributed by atoms with Crippen molar-refractivity contribution in [1.29, 1.82) is 0 Å². The lowest BCUT2D eigenvalue weighted by Crippen LogP contribution is -2.40. The van der Waals surface area contributed by atoms with Crippen molar-refractivity contribution in [2.45, 2.75) is 95.7 Å². The van der Waals surface area contributed by atoms with Crippen LogP contribution in [0, 0.1) is 5.92 Å². The van der Waals surface area contributed by atoms with E-state index in [9.17, 15) is 0 Å². The summed E-state index contributed by atoms with van der Waals surface area (Å²) in [6.45, 7) is 6.68. The number of hydrogen-bond acceptors (Lipinski definition) is 8. The van der Waals surface area contributed by atoms with Crippen LogP contribution in [-0.2, 0) is 23.4 Å². The first-order chi connectivity index (χ1) is 13.7. The minimum atomic E-state index is -0.0582. The van der Waals surface area contributed by atoms with Crippen molar-refractivity contribution in [2.75, 3.05) is 26.9 Å². The minimum absolute atomic E-state index is 0.0582. The molecule has 0 amide bonds. The maximum Gasteiger partial charge on any atom is 0.121 e. The maximum absolute atomic E-state index is 6.12. The van der Waals surface area contributed by atoms with E-state index in [4.69, 9.17) is 28.6 Å². The molecule has 6 atom stereocenters. The molecule has 0 bridgehead atoms. The largest absolute Gasteiger partial charge is 0.379 e. The van der Waals surface area contributed by atoms with Gasteiger partial charge >= 0.3 is 0 Å². The van der Waals surface area contributed by atoms with E-state index < -0.39 is 0 Å². The van der Waals surface area contributed by atoms with Crippen molar-refractivity contribution in [2.24, 2.45) is 11.1 Å². The normalized spacial score (nSPS) is 32.4. The molecule has 0 aromatic heterocycles. The molecular formula is C20H40N2O5S. The quantitative estimate of drug-likeness (QED) is 0.154. The molecule has 2 rings (SSSR count). The lowest BCUT2D eigenvalue weighted by atomic mass is 9.82. The third-order valence-corrected chi connectivity index (χ3v) is 6.14. The summed E-state index contributed by atoms with van der Waals surface area (Å²) in [4.78, 5) is 5.40. The first-order valence-electron chi connectivity index (χ1n) is 10.9. The summed E-state index contributed by atoms with van der Waals surface area (Å²) in [6, 6.07) is 0.437. The minimum Gasteiger partial charge on any atom is -0.379 e. The Labute approximate surface area is 175 Å². The van der Waals surface area contributed by atoms with E-state index >= 15 is 0 Å². The van der Waals surface area contributed by atoms with Gasteiger partial charge in [0.05, 0.1) is 24.9 Å². The van der Waals surface area contributed by atoms with Crippen molar-refractivity contribution < 1.29 is 23.4 Å². The molecule has 3 N–H and O–H groups in total. The number of methoxy groups -OCH3 is 1. The highest BCUT2D eigenvalue weighted by molar-refractivity contribution is 7.92. The van der Waals surface area contributed by atoms with Gasteiger partial charge in [-0.1, -0.05) is 12.8 Å². The molecule has 2 aliphatic carbocycles. The van der Waals surface area contributed by atoms with Gasteiger partial charge in [-0.25, -0.2) is 4.89 Å². The second-order valence-corrected chi connectivity index (χ2v) is 8.36. The Morgan fingerprint density at radius 1 is 1.04 bits per heavy atom. The highest BCUT2D eigenvalue weighted by Crippen LogP contribution is 2.32. The number of rotatable bonds is 13. The highest BCUT2D eigenvalue weighted by Gasteiger charge is 2.33. The number of ether oxygens (including phenoxy) is 3. The Morgan fingerprint density at radius 3 is 2.46 bits per heavy atom. The van der Waals surface area contributed by atoms with Crippen LogP contribution in [0.5, 0.6) is 0 Å². The third-order valence-electron chi connectivity index (χ3n) is 5.98. The predicted octanol–water partition coefficient (Wildman–Crippen LogP) is 3.37. The number of nitrogens with one attached hydrogen (secondary N) is 1. The van der Waals surface area contributed by atoms with Crippen molar-refractivity contribution in [3.05, 3.63) is 0 Å². The molecule has 8 heteroatoms. The fourth-order valence-electron chi connectivity index (χ4n) is 4.60. The Morgan fingerprint density at radius 2 is 1.79 bits per heavy atom. The van der Waals surface area contributed by atoms with Gasteiger partial charge in [0, 0.05) is 26.3 Å². The molecule has 0 saturated heterocycles. The predicted molar refractivity (Wildman–Crippen MR) is 112 cm³/mol. The molecule has 0 heterocycles. The number of hydrogen-bond donors (Lipinski definition) is 2. The third kappa shape index (κ3) is 8.44. The van der Waals surface area contributed by atoms with E-state index in [-0.39, 0.29) is 24.4 Å². The zero-order valence-corrected chi connectivity index (χ0v) is 18.6. The van der Waals surface area contributed by atoms with Crippen LogP contribution in [0.2, 0.25) is 0 Å². The second kappa shape index (κ2) is 14.1. The summed E-state index contributed by atoms with van der Waals surface area (Å²) in [7, 11) is 1.73. The molecule has 0 aromatic carbocycles. The molecule has 7 nitrogen and oxygen atoms in total. The SMILES string of the molecule is CCOC1CCCCC1OCCNC(C)CC1CCC(OC)C(OOSN)C1. The van der Waals surface area contributed by atoms with E-state index in [0.29, 0.717) is 12.0 Å². The smallest absolute Gasteiger partial charge is 0.121 e. The van der Waals surface area contributed by atoms with Gasteiger partial charge in [0.2, 0.25) is 0 Å². The molecule has 2 saturated carbocycles. The van der Waals surface area contributed by atoms with E-state index in [1.54, 1.807) is 7.11 Å². The number of nitrogens with two attached hydrogens (primary N) is 1. The van der Waals surface area contributed by atoms with Gasteiger partial charge in [0.1, 0.15) is 18.3 Å². The fraction of sp³-hybridized carbons (Fsp3) is 1.00. The molecule has 0 aromatic rings. The second-order valence-electron chi connectivity index (χ2n) is 8.03. The van der Waals surface area contributed by atoms with Crippen molar-refractivity contribution in [1.82, 2.24) is 5.32 Å². The molecule has 166 valence electrons. The summed E-state index contributed by atoms with van der Waals surface area (Å²) in [5.41, 5.74) is 0. The van der Waals surface area contributed by atoms with Crippen molar-refractivity contribution in [3.8, 4) is 0 Å². The Kier molecular flexibility index (Phi) is 12.3. The highest BCUT2D eigenvalue weighted by atomic mass is 32.2. The van der Waals surface area contributed by atoms with Gasteiger partial charge < -0.3 is 19.5 Å². The maximum atomic E-state index is 6.12. The molecule has 0 radical (unpaired) electrons. The monoisotopic (exact) mass is 420 g/mol. The van der Waals surface area contributed by atoms with Gasteiger partial charge in [-0.3, -0.25) is 5.14 Å². The van der Waals surface area contributed by atoms with Gasteiger partial charge in [-0.2, -0.15) is 0 Å². The van der Waals surface area contributed by atoms with E-state index in [0.717, 1.165) is 70.5 Å². The van der Waals surface area contributed by atoms with Crippen LogP contribution in [0.25, 0.3) is 0 Å². The average Bonchev–Trinajstić information content (AvgIpc) is 2.71. The molecule has 28 heavy (non-hydrogen) atoms. The molecule has 0 aliphatic heterocycles. The Hall–Kier alpha value is 0.0700. The van der Waals surface area contributed by atoms with Crippen LogP contribution in [0.4, 0.5) is 0 Å². The molecule has 6 unspecified atom stereocenters. The lowest BCUT2D eigenvalue weighted by Gasteiger charge is -2.35. The fourth-order valence-corrected chi connectivity index (χ4v) is 4.75. The Balaban J connectivity index is 1.63. The first kappa shape index (κ1) is 24.3. The van der Waals surface area contributed by atoms with Crippen LogP contribution in [0.1, 0.15) is 65.2 Å². The van der Waals surface area contributed by atoms with Gasteiger partial charge in [0.15, 0.2) is 0 Å². The molecule has 0 spiro atoms. The van der Waals surface area contributed by atoms with Gasteiger partial charge in [-0.15, -0.1) is 4.33 Å². The zero-order valence-electron chi connectivity index (χ0n) is 17.8. The van der Waals surface area contributed by atoms with Gasteiger partial charge in [-0.05, 0) is 58.3 Å². The van der Waals surface area contributed by atoms with Crippen LogP contribution in [-0.4, -0.2) is 57.3 Å². The van der Waals surface area contributed by atoms with Crippen LogP contribution >= 0.6 is 12.2 Å². The van der Waals surface area contributed by atoms with Crippen molar-refractivity contribution >= 4 is 12.2 Å².